The highest BCUT2D eigenvalue weighted by Crippen LogP contribution is 2.49. The first-order chi connectivity index (χ1) is 16.9. The average Bonchev–Trinajstić information content (AvgIpc) is 3.32. The summed E-state index contributed by atoms with van der Waals surface area (Å²) >= 11 is 8.44. The summed E-state index contributed by atoms with van der Waals surface area (Å²) in [6.07, 6.45) is 4.21. The molecule has 4 heterocycles. The molecule has 2 saturated heterocycles. The van der Waals surface area contributed by atoms with Crippen molar-refractivity contribution >= 4 is 45.4 Å². The van der Waals surface area contributed by atoms with Crippen LogP contribution in [0.5, 0.6) is 0 Å². The van der Waals surface area contributed by atoms with Crippen molar-refractivity contribution in [3.63, 3.8) is 0 Å². The number of likely N-dealkylation sites (tertiary alicyclic amines) is 1. The molecule has 1 aromatic carbocycles. The molecule has 2 N–H and O–H groups in total. The third kappa shape index (κ3) is 4.38. The number of aromatic nitrogens is 1. The van der Waals surface area contributed by atoms with Crippen LogP contribution in [0.2, 0.25) is 5.02 Å². The number of nitrogens with one attached hydrogen (secondary N) is 1. The molecular formula is C27H30ClN3O3S. The van der Waals surface area contributed by atoms with Gasteiger partial charge < -0.3 is 15.2 Å². The van der Waals surface area contributed by atoms with Crippen LogP contribution in [0, 0.1) is 5.92 Å². The van der Waals surface area contributed by atoms with Gasteiger partial charge in [-0.2, -0.15) is 0 Å². The Bertz CT molecular complexity index is 1240. The summed E-state index contributed by atoms with van der Waals surface area (Å²) in [6, 6.07) is 10.3. The summed E-state index contributed by atoms with van der Waals surface area (Å²) in [7, 11) is 0. The lowest BCUT2D eigenvalue weighted by Gasteiger charge is -2.43. The molecule has 4 atom stereocenters. The predicted molar refractivity (Wildman–Crippen MR) is 139 cm³/mol. The van der Waals surface area contributed by atoms with Crippen molar-refractivity contribution in [1.29, 1.82) is 0 Å². The van der Waals surface area contributed by atoms with Gasteiger partial charge in [-0.05, 0) is 85.8 Å². The van der Waals surface area contributed by atoms with E-state index < -0.39 is 6.10 Å². The topological polar surface area (TPSA) is 74.7 Å². The second-order valence-electron chi connectivity index (χ2n) is 10.4. The molecule has 1 aliphatic carbocycles. The number of aliphatic hydroxyl groups is 1. The lowest BCUT2D eigenvalue weighted by atomic mass is 9.85. The molecule has 3 aliphatic rings. The first-order valence-electron chi connectivity index (χ1n) is 12.4. The number of anilines is 1. The van der Waals surface area contributed by atoms with Crippen molar-refractivity contribution < 1.29 is 14.6 Å². The van der Waals surface area contributed by atoms with E-state index in [1.54, 1.807) is 17.5 Å². The van der Waals surface area contributed by atoms with Gasteiger partial charge in [-0.25, -0.2) is 4.98 Å². The predicted octanol–water partition coefficient (Wildman–Crippen LogP) is 5.02. The maximum Gasteiger partial charge on any atom is 0.229 e. The number of ether oxygens (including phenoxy) is 1. The van der Waals surface area contributed by atoms with E-state index in [2.05, 4.69) is 39.6 Å². The molecule has 2 aliphatic heterocycles. The normalized spacial score (nSPS) is 29.5. The first kappa shape index (κ1) is 23.4. The van der Waals surface area contributed by atoms with Crippen LogP contribution in [-0.2, 0) is 9.53 Å². The number of fused-ring (bicyclic) bond motifs is 1. The van der Waals surface area contributed by atoms with Gasteiger partial charge in [0.2, 0.25) is 5.91 Å². The number of thiophene rings is 1. The van der Waals surface area contributed by atoms with Gasteiger partial charge in [-0.3, -0.25) is 9.69 Å². The average molecular weight is 512 g/mol. The van der Waals surface area contributed by atoms with Crippen LogP contribution >= 0.6 is 22.9 Å². The van der Waals surface area contributed by atoms with Crippen molar-refractivity contribution in [2.24, 2.45) is 5.92 Å². The highest BCUT2D eigenvalue weighted by molar-refractivity contribution is 7.10. The number of nitrogens with zero attached hydrogens (tertiary/aromatic N) is 2. The molecular weight excluding hydrogens is 482 g/mol. The molecule has 6 nitrogen and oxygen atoms in total. The second kappa shape index (κ2) is 9.12. The molecule has 1 saturated carbocycles. The number of aliphatic hydroxyl groups excluding tert-OH is 1. The van der Waals surface area contributed by atoms with Crippen LogP contribution in [0.4, 0.5) is 5.82 Å². The van der Waals surface area contributed by atoms with Crippen LogP contribution in [0.1, 0.15) is 48.5 Å². The standard InChI is InChI=1S/C27H30ClN3O3S/c1-27(15-34-14-24(27)32)31-6-4-16(5-7-31)19-9-17-11-25(29-13-18(17)10-22(19)28)30-26(33)21-12-20(21)23-3-2-8-35-23/h2-3,8-11,13,16,20-21,24,32H,4-7,12,14-15H2,1H3,(H,29,30,33)/t20-,21-,24+,27-/m1/s1. The minimum absolute atomic E-state index is 0.0303. The van der Waals surface area contributed by atoms with E-state index >= 15 is 0 Å². The fourth-order valence-electron chi connectivity index (χ4n) is 5.74. The molecule has 3 aromatic rings. The monoisotopic (exact) mass is 511 g/mol. The van der Waals surface area contributed by atoms with Gasteiger partial charge in [0.25, 0.3) is 0 Å². The van der Waals surface area contributed by atoms with E-state index in [0.717, 1.165) is 53.7 Å². The summed E-state index contributed by atoms with van der Waals surface area (Å²) in [5, 5.41) is 18.3. The minimum Gasteiger partial charge on any atom is -0.389 e. The smallest absolute Gasteiger partial charge is 0.229 e. The Hall–Kier alpha value is -2.03. The Morgan fingerprint density at radius 2 is 2.11 bits per heavy atom. The molecule has 0 unspecified atom stereocenters. The Morgan fingerprint density at radius 3 is 2.83 bits per heavy atom. The molecule has 2 aromatic heterocycles. The maximum absolute atomic E-state index is 12.8. The lowest BCUT2D eigenvalue weighted by molar-refractivity contribution is -0.117. The zero-order valence-electron chi connectivity index (χ0n) is 19.7. The van der Waals surface area contributed by atoms with Crippen molar-refractivity contribution in [3.05, 3.63) is 57.4 Å². The number of carbonyl (C=O) groups excluding carboxylic acids is 1. The molecule has 3 fully saturated rings. The third-order valence-corrected chi connectivity index (χ3v) is 9.50. The number of hydrogen-bond acceptors (Lipinski definition) is 6. The van der Waals surface area contributed by atoms with Crippen molar-refractivity contribution in [1.82, 2.24) is 9.88 Å². The maximum atomic E-state index is 12.8. The van der Waals surface area contributed by atoms with Gasteiger partial charge in [-0.1, -0.05) is 17.7 Å². The minimum atomic E-state index is -0.444. The van der Waals surface area contributed by atoms with Crippen LogP contribution in [0.15, 0.2) is 41.9 Å². The van der Waals surface area contributed by atoms with Crippen LogP contribution in [0.3, 0.4) is 0 Å². The van der Waals surface area contributed by atoms with Crippen LogP contribution in [-0.4, -0.2) is 58.8 Å². The molecule has 35 heavy (non-hydrogen) atoms. The Morgan fingerprint density at radius 1 is 1.29 bits per heavy atom. The molecule has 6 rings (SSSR count). The van der Waals surface area contributed by atoms with E-state index in [0.29, 0.717) is 30.9 Å². The van der Waals surface area contributed by atoms with Crippen molar-refractivity contribution in [2.75, 3.05) is 31.6 Å². The number of halogens is 1. The highest BCUT2D eigenvalue weighted by atomic mass is 35.5. The molecule has 1 amide bonds. The zero-order chi connectivity index (χ0) is 24.2. The lowest BCUT2D eigenvalue weighted by Crippen LogP contribution is -2.56. The van der Waals surface area contributed by atoms with Gasteiger partial charge in [0.05, 0.1) is 24.9 Å². The summed E-state index contributed by atoms with van der Waals surface area (Å²) in [5.74, 6) is 1.36. The zero-order valence-corrected chi connectivity index (χ0v) is 21.3. The number of piperidine rings is 1. The van der Waals surface area contributed by atoms with Crippen LogP contribution in [0.25, 0.3) is 10.8 Å². The van der Waals surface area contributed by atoms with Gasteiger partial charge in [0.15, 0.2) is 0 Å². The van der Waals surface area contributed by atoms with E-state index in [1.807, 2.05) is 18.2 Å². The number of hydrogen-bond donors (Lipinski definition) is 2. The number of carbonyl (C=O) groups is 1. The highest BCUT2D eigenvalue weighted by Gasteiger charge is 2.45. The van der Waals surface area contributed by atoms with E-state index in [9.17, 15) is 9.90 Å². The largest absolute Gasteiger partial charge is 0.389 e. The van der Waals surface area contributed by atoms with E-state index in [-0.39, 0.29) is 17.4 Å². The number of rotatable bonds is 5. The Labute approximate surface area is 214 Å². The first-order valence-corrected chi connectivity index (χ1v) is 13.6. The molecule has 0 spiro atoms. The summed E-state index contributed by atoms with van der Waals surface area (Å²) < 4.78 is 5.54. The second-order valence-corrected chi connectivity index (χ2v) is 11.8. The number of amides is 1. The van der Waals surface area contributed by atoms with E-state index in [4.69, 9.17) is 16.3 Å². The van der Waals surface area contributed by atoms with Gasteiger partial charge in [0.1, 0.15) is 5.82 Å². The Kier molecular flexibility index (Phi) is 6.09. The van der Waals surface area contributed by atoms with Crippen molar-refractivity contribution in [3.8, 4) is 0 Å². The van der Waals surface area contributed by atoms with E-state index in [1.165, 1.54) is 4.88 Å². The fraction of sp³-hybridized carbons (Fsp3) is 0.481. The summed E-state index contributed by atoms with van der Waals surface area (Å²) in [4.78, 5) is 20.9. The third-order valence-electron chi connectivity index (χ3n) is 8.17. The molecule has 8 heteroatoms. The SMILES string of the molecule is C[C@@]1(N2CCC(c3cc4cc(NC(=O)[C@@H]5C[C@H]5c5cccs5)ncc4cc3Cl)CC2)COC[C@@H]1O. The fourth-order valence-corrected chi connectivity index (χ4v) is 6.97. The van der Waals surface area contributed by atoms with Gasteiger partial charge >= 0.3 is 0 Å². The van der Waals surface area contributed by atoms with Crippen LogP contribution < -0.4 is 5.32 Å². The van der Waals surface area contributed by atoms with Crippen molar-refractivity contribution in [2.45, 2.75) is 49.7 Å². The molecule has 0 bridgehead atoms. The Balaban J connectivity index is 1.15. The molecule has 184 valence electrons. The quantitative estimate of drug-likeness (QED) is 0.503. The summed E-state index contributed by atoms with van der Waals surface area (Å²) in [6.45, 7) is 4.89. The summed E-state index contributed by atoms with van der Waals surface area (Å²) in [5.41, 5.74) is 0.844. The van der Waals surface area contributed by atoms with Gasteiger partial charge in [0, 0.05) is 33.3 Å². The number of pyridine rings is 1. The van der Waals surface area contributed by atoms with Gasteiger partial charge in [-0.15, -0.1) is 11.3 Å². The molecule has 0 radical (unpaired) electrons. The number of benzene rings is 1.